The molecule has 7 nitrogen and oxygen atoms in total. The molecule has 0 unspecified atom stereocenters. The van der Waals surface area contributed by atoms with E-state index in [9.17, 15) is 19.1 Å². The second-order valence-corrected chi connectivity index (χ2v) is 6.87. The van der Waals surface area contributed by atoms with Crippen molar-refractivity contribution in [3.8, 4) is 0 Å². The Morgan fingerprint density at radius 3 is 2.78 bits per heavy atom. The molecule has 27 heavy (non-hydrogen) atoms. The van der Waals surface area contributed by atoms with E-state index in [4.69, 9.17) is 4.74 Å². The minimum atomic E-state index is -0.672. The van der Waals surface area contributed by atoms with Gasteiger partial charge in [0.1, 0.15) is 11.9 Å². The van der Waals surface area contributed by atoms with Crippen LogP contribution in [0.2, 0.25) is 0 Å². The number of rotatable bonds is 7. The predicted octanol–water partition coefficient (Wildman–Crippen LogP) is 1.55. The molecule has 0 saturated heterocycles. The monoisotopic (exact) mass is 377 g/mol. The summed E-state index contributed by atoms with van der Waals surface area (Å²) >= 11 is 0. The number of hydrogen-bond donors (Lipinski definition) is 4. The molecule has 0 radical (unpaired) electrons. The van der Waals surface area contributed by atoms with Crippen molar-refractivity contribution in [2.45, 2.75) is 37.5 Å². The van der Waals surface area contributed by atoms with Gasteiger partial charge in [0.2, 0.25) is 5.91 Å². The van der Waals surface area contributed by atoms with Crippen LogP contribution in [0.25, 0.3) is 0 Å². The number of halogens is 1. The number of ether oxygens (including phenoxy) is 1. The molecule has 146 valence electrons. The molecule has 0 aromatic heterocycles. The van der Waals surface area contributed by atoms with Crippen molar-refractivity contribution in [2.75, 3.05) is 18.5 Å². The van der Waals surface area contributed by atoms with Crippen molar-refractivity contribution < 1.29 is 23.8 Å². The van der Waals surface area contributed by atoms with Gasteiger partial charge < -0.3 is 25.8 Å². The van der Waals surface area contributed by atoms with Gasteiger partial charge in [-0.2, -0.15) is 0 Å². The van der Waals surface area contributed by atoms with Crippen LogP contribution in [-0.4, -0.2) is 48.4 Å². The zero-order chi connectivity index (χ0) is 19.2. The van der Waals surface area contributed by atoms with Crippen LogP contribution in [0.15, 0.2) is 36.4 Å². The Labute approximate surface area is 157 Å². The summed E-state index contributed by atoms with van der Waals surface area (Å²) in [5.74, 6) is 0.0559. The molecular weight excluding hydrogens is 353 g/mol. The van der Waals surface area contributed by atoms with Crippen molar-refractivity contribution in [3.63, 3.8) is 0 Å². The van der Waals surface area contributed by atoms with Crippen LogP contribution in [0.1, 0.15) is 19.3 Å². The van der Waals surface area contributed by atoms with Crippen molar-refractivity contribution in [3.05, 3.63) is 42.2 Å². The maximum Gasteiger partial charge on any atom is 0.319 e. The molecule has 1 fully saturated rings. The maximum absolute atomic E-state index is 13.2. The largest absolute Gasteiger partial charge is 0.394 e. The van der Waals surface area contributed by atoms with Gasteiger partial charge in [0.25, 0.3) is 0 Å². The van der Waals surface area contributed by atoms with E-state index in [1.807, 2.05) is 0 Å². The third kappa shape index (κ3) is 6.04. The number of carbonyl (C=O) groups excluding carboxylic acids is 2. The van der Waals surface area contributed by atoms with Gasteiger partial charge in [-0.3, -0.25) is 4.79 Å². The summed E-state index contributed by atoms with van der Waals surface area (Å²) in [5, 5.41) is 17.6. The summed E-state index contributed by atoms with van der Waals surface area (Å²) in [7, 11) is 0. The van der Waals surface area contributed by atoms with E-state index in [2.05, 4.69) is 16.0 Å². The summed E-state index contributed by atoms with van der Waals surface area (Å²) < 4.78 is 18.9. The number of aliphatic hydroxyl groups is 1. The lowest BCUT2D eigenvalue weighted by atomic mass is 10.0. The molecule has 1 aromatic carbocycles. The van der Waals surface area contributed by atoms with Gasteiger partial charge >= 0.3 is 6.03 Å². The molecule has 3 amide bonds. The minimum Gasteiger partial charge on any atom is -0.394 e. The normalized spacial score (nSPS) is 24.3. The SMILES string of the molecule is O=C(C[C@H]1C=C[C@@H](NC(=O)Nc2cccc(F)c2)[C@H](CO)O1)NCC1CC1. The number of amides is 3. The number of benzene rings is 1. The predicted molar refractivity (Wildman–Crippen MR) is 97.6 cm³/mol. The molecule has 1 aliphatic heterocycles. The van der Waals surface area contributed by atoms with Crippen LogP contribution in [0, 0.1) is 11.7 Å². The molecule has 8 heteroatoms. The van der Waals surface area contributed by atoms with E-state index in [1.165, 1.54) is 18.2 Å². The highest BCUT2D eigenvalue weighted by Gasteiger charge is 2.29. The summed E-state index contributed by atoms with van der Waals surface area (Å²) in [6.07, 6.45) is 4.78. The average molecular weight is 377 g/mol. The Hall–Kier alpha value is -2.45. The Bertz CT molecular complexity index is 708. The van der Waals surface area contributed by atoms with E-state index in [0.717, 1.165) is 12.8 Å². The smallest absolute Gasteiger partial charge is 0.319 e. The van der Waals surface area contributed by atoms with Gasteiger partial charge in [-0.1, -0.05) is 18.2 Å². The Morgan fingerprint density at radius 1 is 1.26 bits per heavy atom. The zero-order valence-electron chi connectivity index (χ0n) is 14.9. The molecule has 3 rings (SSSR count). The fraction of sp³-hybridized carbons (Fsp3) is 0.474. The highest BCUT2D eigenvalue weighted by molar-refractivity contribution is 5.89. The molecule has 0 bridgehead atoms. The Kier molecular flexibility index (Phi) is 6.41. The summed E-state index contributed by atoms with van der Waals surface area (Å²) in [4.78, 5) is 24.0. The van der Waals surface area contributed by atoms with E-state index in [-0.39, 0.29) is 18.9 Å². The second kappa shape index (κ2) is 8.96. The number of urea groups is 1. The summed E-state index contributed by atoms with van der Waals surface area (Å²) in [6, 6.07) is 4.43. The number of carbonyl (C=O) groups is 2. The van der Waals surface area contributed by atoms with E-state index in [1.54, 1.807) is 18.2 Å². The lowest BCUT2D eigenvalue weighted by molar-refractivity contribution is -0.125. The fourth-order valence-electron chi connectivity index (χ4n) is 2.86. The first-order chi connectivity index (χ1) is 13.0. The quantitative estimate of drug-likeness (QED) is 0.542. The molecule has 1 heterocycles. The average Bonchev–Trinajstić information content (AvgIpc) is 3.45. The fourth-order valence-corrected chi connectivity index (χ4v) is 2.86. The Balaban J connectivity index is 1.49. The van der Waals surface area contributed by atoms with Crippen LogP contribution in [0.5, 0.6) is 0 Å². The number of aliphatic hydroxyl groups excluding tert-OH is 1. The van der Waals surface area contributed by atoms with E-state index in [0.29, 0.717) is 18.2 Å². The number of anilines is 1. The third-order valence-electron chi connectivity index (χ3n) is 4.51. The molecule has 0 spiro atoms. The van der Waals surface area contributed by atoms with Crippen LogP contribution in [-0.2, 0) is 9.53 Å². The Morgan fingerprint density at radius 2 is 2.07 bits per heavy atom. The summed E-state index contributed by atoms with van der Waals surface area (Å²) in [5.41, 5.74) is 0.318. The topological polar surface area (TPSA) is 99.7 Å². The van der Waals surface area contributed by atoms with Crippen molar-refractivity contribution in [1.82, 2.24) is 10.6 Å². The molecule has 1 saturated carbocycles. The first kappa shape index (κ1) is 19.3. The van der Waals surface area contributed by atoms with Crippen LogP contribution in [0.3, 0.4) is 0 Å². The first-order valence-electron chi connectivity index (χ1n) is 9.08. The van der Waals surface area contributed by atoms with Crippen LogP contribution in [0.4, 0.5) is 14.9 Å². The van der Waals surface area contributed by atoms with Crippen molar-refractivity contribution >= 4 is 17.6 Å². The number of nitrogens with one attached hydrogen (secondary N) is 3. The van der Waals surface area contributed by atoms with Crippen LogP contribution < -0.4 is 16.0 Å². The highest BCUT2D eigenvalue weighted by Crippen LogP contribution is 2.27. The van der Waals surface area contributed by atoms with Crippen molar-refractivity contribution in [2.24, 2.45) is 5.92 Å². The van der Waals surface area contributed by atoms with Gasteiger partial charge in [0, 0.05) is 12.2 Å². The molecule has 1 aliphatic carbocycles. The summed E-state index contributed by atoms with van der Waals surface area (Å²) in [6.45, 7) is 0.387. The van der Waals surface area contributed by atoms with Gasteiger partial charge in [-0.15, -0.1) is 0 Å². The van der Waals surface area contributed by atoms with E-state index < -0.39 is 30.1 Å². The van der Waals surface area contributed by atoms with Crippen molar-refractivity contribution in [1.29, 1.82) is 0 Å². The van der Waals surface area contributed by atoms with Gasteiger partial charge in [-0.05, 0) is 37.0 Å². The third-order valence-corrected chi connectivity index (χ3v) is 4.51. The lowest BCUT2D eigenvalue weighted by Crippen LogP contribution is -2.50. The molecule has 2 aliphatic rings. The highest BCUT2D eigenvalue weighted by atomic mass is 19.1. The number of hydrogen-bond acceptors (Lipinski definition) is 4. The van der Waals surface area contributed by atoms with Gasteiger partial charge in [0.05, 0.1) is 25.2 Å². The zero-order valence-corrected chi connectivity index (χ0v) is 14.9. The molecule has 4 N–H and O–H groups in total. The minimum absolute atomic E-state index is 0.0940. The second-order valence-electron chi connectivity index (χ2n) is 6.87. The lowest BCUT2D eigenvalue weighted by Gasteiger charge is -2.31. The van der Waals surface area contributed by atoms with E-state index >= 15 is 0 Å². The molecule has 3 atom stereocenters. The maximum atomic E-state index is 13.2. The molecular formula is C19H24FN3O4. The molecule has 1 aromatic rings. The van der Waals surface area contributed by atoms with Gasteiger partial charge in [0.15, 0.2) is 0 Å². The first-order valence-corrected chi connectivity index (χ1v) is 9.08. The van der Waals surface area contributed by atoms with Crippen LogP contribution >= 0.6 is 0 Å². The standard InChI is InChI=1S/C19H24FN3O4/c20-13-2-1-3-14(8-13)22-19(26)23-16-7-6-15(27-17(16)11-24)9-18(25)21-10-12-4-5-12/h1-3,6-8,12,15-17,24H,4-5,9-11H2,(H,21,25)(H2,22,23,26)/t15-,16-,17+/m1/s1. The van der Waals surface area contributed by atoms with Gasteiger partial charge in [-0.25, -0.2) is 9.18 Å².